The molecule has 0 radical (unpaired) electrons. The topological polar surface area (TPSA) is 114 Å². The average molecular weight is 631 g/mol. The van der Waals surface area contributed by atoms with Gasteiger partial charge in [0.1, 0.15) is 17.0 Å². The maximum Gasteiger partial charge on any atom is 0.240 e. The number of carbonyl (C=O) groups excluding carboxylic acids is 2. The van der Waals surface area contributed by atoms with Gasteiger partial charge in [-0.1, -0.05) is 6.07 Å². The molecule has 9 nitrogen and oxygen atoms in total. The van der Waals surface area contributed by atoms with Crippen molar-refractivity contribution in [2.75, 3.05) is 30.9 Å². The highest BCUT2D eigenvalue weighted by molar-refractivity contribution is 7.22. The van der Waals surface area contributed by atoms with Gasteiger partial charge in [-0.2, -0.15) is 0 Å². The Hall–Kier alpha value is -4.78. The predicted molar refractivity (Wildman–Crippen MR) is 168 cm³/mol. The van der Waals surface area contributed by atoms with Crippen LogP contribution in [-0.4, -0.2) is 42.0 Å². The summed E-state index contributed by atoms with van der Waals surface area (Å²) in [5.74, 6) is -2.12. The lowest BCUT2D eigenvalue weighted by Gasteiger charge is -2.16. The number of aromatic nitrogens is 2. The highest BCUT2D eigenvalue weighted by Gasteiger charge is 2.56. The van der Waals surface area contributed by atoms with E-state index in [1.807, 2.05) is 18.2 Å². The molecule has 3 N–H and O–H groups in total. The van der Waals surface area contributed by atoms with E-state index in [1.54, 1.807) is 13.3 Å². The summed E-state index contributed by atoms with van der Waals surface area (Å²) >= 11 is 1.36. The largest absolute Gasteiger partial charge is 0.453 e. The van der Waals surface area contributed by atoms with Crippen LogP contribution in [0.15, 0.2) is 79.1 Å². The molecule has 3 heterocycles. The fourth-order valence-corrected chi connectivity index (χ4v) is 5.67. The van der Waals surface area contributed by atoms with Gasteiger partial charge in [0.15, 0.2) is 11.6 Å². The summed E-state index contributed by atoms with van der Waals surface area (Å²) in [5, 5.41) is 8.54. The number of amides is 2. The number of fused-ring (bicyclic) bond motifs is 1. The van der Waals surface area contributed by atoms with Crippen LogP contribution in [0.2, 0.25) is 0 Å². The smallest absolute Gasteiger partial charge is 0.240 e. The fourth-order valence-electron chi connectivity index (χ4n) is 4.65. The quantitative estimate of drug-likeness (QED) is 0.106. The molecule has 6 rings (SSSR count). The summed E-state index contributed by atoms with van der Waals surface area (Å²) in [6.45, 7) is 2.01. The summed E-state index contributed by atoms with van der Waals surface area (Å²) in [5.41, 5.74) is 1.50. The second-order valence-corrected chi connectivity index (χ2v) is 11.6. The highest BCUT2D eigenvalue weighted by Crippen LogP contribution is 2.48. The molecule has 12 heteroatoms. The number of methoxy groups -OCH3 is 1. The molecule has 5 aromatic rings. The first-order valence-corrected chi connectivity index (χ1v) is 15.0. The molecule has 1 saturated carbocycles. The van der Waals surface area contributed by atoms with Gasteiger partial charge >= 0.3 is 0 Å². The van der Waals surface area contributed by atoms with Crippen LogP contribution in [0, 0.1) is 17.0 Å². The minimum absolute atomic E-state index is 0.0461. The number of benzene rings is 2. The fraction of sp³-hybridized carbons (Fsp3) is 0.212. The van der Waals surface area contributed by atoms with E-state index < -0.39 is 28.9 Å². The number of ether oxygens (including phenoxy) is 2. The van der Waals surface area contributed by atoms with Gasteiger partial charge in [-0.3, -0.25) is 19.6 Å². The Morgan fingerprint density at radius 3 is 2.40 bits per heavy atom. The number of thiophene rings is 1. The summed E-state index contributed by atoms with van der Waals surface area (Å²) in [7, 11) is 1.65. The Kier molecular flexibility index (Phi) is 8.41. The van der Waals surface area contributed by atoms with E-state index in [1.165, 1.54) is 53.8 Å². The lowest BCUT2D eigenvalue weighted by molar-refractivity contribution is -0.131. The Bertz CT molecular complexity index is 1900. The third kappa shape index (κ3) is 6.83. The summed E-state index contributed by atoms with van der Waals surface area (Å²) in [4.78, 5) is 35.6. The SMILES string of the molecule is [2H]c1cc(Oc2ccc(NC(=O)C3(C(=O)Nc4ccc(F)cc4)CC3)cc2F)c2sc(-c3ccc(CNCCOC)cn3)cc2n1. The van der Waals surface area contributed by atoms with Gasteiger partial charge < -0.3 is 25.4 Å². The zero-order valence-electron chi connectivity index (χ0n) is 25.2. The van der Waals surface area contributed by atoms with Crippen LogP contribution in [0.3, 0.4) is 0 Å². The Morgan fingerprint density at radius 2 is 1.71 bits per heavy atom. The van der Waals surface area contributed by atoms with Crippen molar-refractivity contribution in [3.05, 3.63) is 96.3 Å². The van der Waals surface area contributed by atoms with E-state index in [9.17, 15) is 14.0 Å². The molecular weight excluding hydrogens is 600 g/mol. The third-order valence-corrected chi connectivity index (χ3v) is 8.50. The molecule has 1 fully saturated rings. The van der Waals surface area contributed by atoms with Crippen LogP contribution in [0.4, 0.5) is 20.2 Å². The molecule has 0 bridgehead atoms. The van der Waals surface area contributed by atoms with E-state index in [0.29, 0.717) is 41.9 Å². The number of nitrogens with one attached hydrogen (secondary N) is 3. The minimum atomic E-state index is -1.29. The summed E-state index contributed by atoms with van der Waals surface area (Å²) in [6, 6.07) is 16.3. The minimum Gasteiger partial charge on any atom is -0.453 e. The first-order chi connectivity index (χ1) is 22.2. The normalized spacial score (nSPS) is 13.7. The van der Waals surface area contributed by atoms with Crippen molar-refractivity contribution in [2.45, 2.75) is 19.4 Å². The lowest BCUT2D eigenvalue weighted by Crippen LogP contribution is -2.35. The standard InChI is InChI=1S/C33H29F2N5O4S/c1-43-15-14-36-18-20-2-8-25(38-19-20)29-17-26-30(45-29)28(10-13-37-26)44-27-9-7-23(16-24(27)35)40-32(42)33(11-12-33)31(41)39-22-5-3-21(34)4-6-22/h2-10,13,16-17,19,36H,11-12,14-15,18H2,1H3,(H,39,41)(H,40,42)/i13D. The lowest BCUT2D eigenvalue weighted by atomic mass is 10.0. The van der Waals surface area contributed by atoms with Crippen molar-refractivity contribution in [1.82, 2.24) is 15.3 Å². The number of nitrogens with zero attached hydrogens (tertiary/aromatic N) is 2. The van der Waals surface area contributed by atoms with Crippen molar-refractivity contribution >= 4 is 44.7 Å². The van der Waals surface area contributed by atoms with Gasteiger partial charge in [0.25, 0.3) is 0 Å². The van der Waals surface area contributed by atoms with E-state index in [4.69, 9.17) is 10.8 Å². The molecule has 0 aliphatic heterocycles. The van der Waals surface area contributed by atoms with Crippen molar-refractivity contribution in [3.8, 4) is 22.1 Å². The molecule has 0 atom stereocenters. The van der Waals surface area contributed by atoms with Gasteiger partial charge in [0.2, 0.25) is 11.8 Å². The van der Waals surface area contributed by atoms with Crippen LogP contribution in [0.1, 0.15) is 19.8 Å². The van der Waals surface area contributed by atoms with Crippen molar-refractivity contribution < 1.29 is 29.2 Å². The van der Waals surface area contributed by atoms with Gasteiger partial charge in [-0.15, -0.1) is 11.3 Å². The second-order valence-electron chi connectivity index (χ2n) is 10.5. The number of pyridine rings is 2. The number of rotatable bonds is 12. The molecular formula is C33H29F2N5O4S. The van der Waals surface area contributed by atoms with E-state index in [0.717, 1.165) is 28.7 Å². The van der Waals surface area contributed by atoms with Crippen LogP contribution in [0.5, 0.6) is 11.5 Å². The first kappa shape index (κ1) is 29.0. The number of anilines is 2. The number of hydrogen-bond acceptors (Lipinski definition) is 8. The van der Waals surface area contributed by atoms with Crippen LogP contribution in [0.25, 0.3) is 20.8 Å². The second kappa shape index (κ2) is 13.1. The molecule has 1 aliphatic rings. The maximum absolute atomic E-state index is 15.2. The molecule has 0 saturated heterocycles. The van der Waals surface area contributed by atoms with E-state index >= 15 is 4.39 Å². The number of halogens is 2. The molecule has 2 amide bonds. The van der Waals surface area contributed by atoms with Gasteiger partial charge in [0, 0.05) is 56.1 Å². The number of hydrogen-bond donors (Lipinski definition) is 3. The van der Waals surface area contributed by atoms with Crippen LogP contribution >= 0.6 is 11.3 Å². The Balaban J connectivity index is 1.14. The molecule has 45 heavy (non-hydrogen) atoms. The summed E-state index contributed by atoms with van der Waals surface area (Å²) in [6.07, 6.45) is 2.41. The van der Waals surface area contributed by atoms with Crippen molar-refractivity contribution in [3.63, 3.8) is 0 Å². The van der Waals surface area contributed by atoms with Crippen LogP contribution < -0.4 is 20.7 Å². The van der Waals surface area contributed by atoms with Gasteiger partial charge in [0.05, 0.1) is 28.8 Å². The molecule has 2 aromatic carbocycles. The highest BCUT2D eigenvalue weighted by atomic mass is 32.1. The zero-order chi connectivity index (χ0) is 32.3. The Labute approximate surface area is 263 Å². The molecule has 230 valence electrons. The maximum atomic E-state index is 15.2. The monoisotopic (exact) mass is 630 g/mol. The molecule has 0 unspecified atom stereocenters. The van der Waals surface area contributed by atoms with Gasteiger partial charge in [-0.25, -0.2) is 8.78 Å². The average Bonchev–Trinajstić information content (AvgIpc) is 3.75. The van der Waals surface area contributed by atoms with Crippen molar-refractivity contribution in [2.24, 2.45) is 5.41 Å². The van der Waals surface area contributed by atoms with Crippen molar-refractivity contribution in [1.29, 1.82) is 0 Å². The molecule has 1 aliphatic carbocycles. The van der Waals surface area contributed by atoms with Crippen LogP contribution in [-0.2, 0) is 20.9 Å². The number of carbonyl (C=O) groups is 2. The molecule has 3 aromatic heterocycles. The zero-order valence-corrected chi connectivity index (χ0v) is 25.0. The Morgan fingerprint density at radius 1 is 0.956 bits per heavy atom. The van der Waals surface area contributed by atoms with E-state index in [-0.39, 0.29) is 23.4 Å². The van der Waals surface area contributed by atoms with Gasteiger partial charge in [-0.05, 0) is 66.9 Å². The predicted octanol–water partition coefficient (Wildman–Crippen LogP) is 6.52. The summed E-state index contributed by atoms with van der Waals surface area (Å²) < 4.78 is 48.2. The first-order valence-electron chi connectivity index (χ1n) is 14.7. The van der Waals surface area contributed by atoms with E-state index in [2.05, 4.69) is 25.9 Å². The third-order valence-electron chi connectivity index (χ3n) is 7.34. The molecule has 0 spiro atoms.